The third-order valence-corrected chi connectivity index (χ3v) is 3.66. The molecule has 1 aliphatic rings. The van der Waals surface area contributed by atoms with Gasteiger partial charge in [0.2, 0.25) is 0 Å². The number of hydrogen-bond acceptors (Lipinski definition) is 6. The number of benzene rings is 1. The Labute approximate surface area is 118 Å². The van der Waals surface area contributed by atoms with Crippen LogP contribution in [0.3, 0.4) is 0 Å². The van der Waals surface area contributed by atoms with Crippen molar-refractivity contribution in [2.75, 3.05) is 14.2 Å². The lowest BCUT2D eigenvalue weighted by atomic mass is 9.84. The molecular formula is C13H12FNO6. The van der Waals surface area contributed by atoms with Crippen LogP contribution in [0, 0.1) is 21.3 Å². The largest absolute Gasteiger partial charge is 0.468 e. The molecule has 0 amide bonds. The molecule has 0 bridgehead atoms. The Bertz CT molecular complexity index is 626. The lowest BCUT2D eigenvalue weighted by Crippen LogP contribution is -2.42. The Morgan fingerprint density at radius 2 is 1.71 bits per heavy atom. The summed E-state index contributed by atoms with van der Waals surface area (Å²) < 4.78 is 23.1. The molecule has 0 unspecified atom stereocenters. The average Bonchev–Trinajstić information content (AvgIpc) is 2.88. The number of fused-ring (bicyclic) bond motifs is 1. The Morgan fingerprint density at radius 3 is 2.19 bits per heavy atom. The van der Waals surface area contributed by atoms with Gasteiger partial charge < -0.3 is 9.47 Å². The smallest absolute Gasteiger partial charge is 0.323 e. The topological polar surface area (TPSA) is 95.7 Å². The summed E-state index contributed by atoms with van der Waals surface area (Å²) in [7, 11) is 2.17. The van der Waals surface area contributed by atoms with Gasteiger partial charge in [0.1, 0.15) is 5.82 Å². The maximum Gasteiger partial charge on any atom is 0.323 e. The summed E-state index contributed by atoms with van der Waals surface area (Å²) in [6, 6.07) is 1.96. The molecule has 0 N–H and O–H groups in total. The van der Waals surface area contributed by atoms with Crippen molar-refractivity contribution in [2.45, 2.75) is 12.8 Å². The number of methoxy groups -OCH3 is 2. The first-order valence-electron chi connectivity index (χ1n) is 5.99. The van der Waals surface area contributed by atoms with E-state index in [0.29, 0.717) is 0 Å². The van der Waals surface area contributed by atoms with Crippen LogP contribution in [0.25, 0.3) is 0 Å². The summed E-state index contributed by atoms with van der Waals surface area (Å²) in [5, 5.41) is 11.0. The Kier molecular flexibility index (Phi) is 3.63. The van der Waals surface area contributed by atoms with E-state index in [4.69, 9.17) is 0 Å². The van der Waals surface area contributed by atoms with Gasteiger partial charge in [-0.1, -0.05) is 0 Å². The molecule has 0 heterocycles. The van der Waals surface area contributed by atoms with E-state index in [0.717, 1.165) is 26.4 Å². The number of carbonyl (C=O) groups is 2. The van der Waals surface area contributed by atoms with Crippen molar-refractivity contribution < 1.29 is 28.4 Å². The summed E-state index contributed by atoms with van der Waals surface area (Å²) in [4.78, 5) is 34.3. The molecule has 2 rings (SSSR count). The number of ether oxygens (including phenoxy) is 2. The highest BCUT2D eigenvalue weighted by Gasteiger charge is 2.55. The molecule has 1 aromatic carbocycles. The van der Waals surface area contributed by atoms with Crippen LogP contribution in [-0.2, 0) is 31.9 Å². The highest BCUT2D eigenvalue weighted by molar-refractivity contribution is 6.01. The molecule has 0 atom stereocenters. The Morgan fingerprint density at radius 1 is 1.19 bits per heavy atom. The van der Waals surface area contributed by atoms with Crippen molar-refractivity contribution in [3.8, 4) is 0 Å². The van der Waals surface area contributed by atoms with E-state index in [1.54, 1.807) is 0 Å². The minimum atomic E-state index is -1.78. The maximum atomic E-state index is 13.9. The number of halogens is 1. The minimum Gasteiger partial charge on any atom is -0.468 e. The van der Waals surface area contributed by atoms with Crippen molar-refractivity contribution in [1.82, 2.24) is 0 Å². The molecule has 0 spiro atoms. The lowest BCUT2D eigenvalue weighted by molar-refractivity contribution is -0.385. The van der Waals surface area contributed by atoms with E-state index < -0.39 is 28.1 Å². The van der Waals surface area contributed by atoms with E-state index in [2.05, 4.69) is 9.47 Å². The van der Waals surface area contributed by atoms with Crippen molar-refractivity contribution in [1.29, 1.82) is 0 Å². The molecule has 7 nitrogen and oxygen atoms in total. The van der Waals surface area contributed by atoms with Crippen LogP contribution >= 0.6 is 0 Å². The highest BCUT2D eigenvalue weighted by atomic mass is 19.1. The van der Waals surface area contributed by atoms with Crippen molar-refractivity contribution in [3.05, 3.63) is 39.2 Å². The van der Waals surface area contributed by atoms with Crippen LogP contribution in [0.4, 0.5) is 10.1 Å². The van der Waals surface area contributed by atoms with E-state index >= 15 is 0 Å². The summed E-state index contributed by atoms with van der Waals surface area (Å²) in [6.07, 6.45) is -0.648. The monoisotopic (exact) mass is 297 g/mol. The fourth-order valence-electron chi connectivity index (χ4n) is 2.64. The predicted octanol–water partition coefficient (Wildman–Crippen LogP) is 1.16. The van der Waals surface area contributed by atoms with Gasteiger partial charge in [0.15, 0.2) is 5.41 Å². The molecule has 0 saturated carbocycles. The van der Waals surface area contributed by atoms with Gasteiger partial charge in [0, 0.05) is 24.5 Å². The third kappa shape index (κ3) is 2.12. The number of nitrogens with zero attached hydrogens (tertiary/aromatic N) is 1. The van der Waals surface area contributed by atoms with Gasteiger partial charge >= 0.3 is 11.9 Å². The van der Waals surface area contributed by atoms with Crippen molar-refractivity contribution in [3.63, 3.8) is 0 Å². The summed E-state index contributed by atoms with van der Waals surface area (Å²) >= 11 is 0. The second-order valence-corrected chi connectivity index (χ2v) is 4.70. The van der Waals surface area contributed by atoms with Crippen LogP contribution in [0.1, 0.15) is 11.1 Å². The van der Waals surface area contributed by atoms with Gasteiger partial charge in [-0.3, -0.25) is 19.7 Å². The Hall–Kier alpha value is -2.51. The molecule has 0 aromatic heterocycles. The van der Waals surface area contributed by atoms with Crippen LogP contribution in [-0.4, -0.2) is 31.1 Å². The van der Waals surface area contributed by atoms with E-state index in [1.165, 1.54) is 0 Å². The second kappa shape index (κ2) is 5.12. The lowest BCUT2D eigenvalue weighted by Gasteiger charge is -2.22. The molecule has 0 radical (unpaired) electrons. The van der Waals surface area contributed by atoms with Gasteiger partial charge in [-0.05, 0) is 11.6 Å². The molecule has 8 heteroatoms. The number of esters is 2. The van der Waals surface area contributed by atoms with E-state index in [9.17, 15) is 24.1 Å². The van der Waals surface area contributed by atoms with Gasteiger partial charge in [-0.15, -0.1) is 0 Å². The van der Waals surface area contributed by atoms with Crippen LogP contribution < -0.4 is 0 Å². The zero-order valence-electron chi connectivity index (χ0n) is 11.3. The van der Waals surface area contributed by atoms with Gasteiger partial charge in [0.25, 0.3) is 5.69 Å². The zero-order chi connectivity index (χ0) is 15.8. The first-order valence-corrected chi connectivity index (χ1v) is 5.99. The van der Waals surface area contributed by atoms with Crippen LogP contribution in [0.2, 0.25) is 0 Å². The predicted molar refractivity (Wildman–Crippen MR) is 66.9 cm³/mol. The second-order valence-electron chi connectivity index (χ2n) is 4.70. The summed E-state index contributed by atoms with van der Waals surface area (Å²) in [6.45, 7) is 0. The van der Waals surface area contributed by atoms with Gasteiger partial charge in [-0.2, -0.15) is 0 Å². The minimum absolute atomic E-state index is 0.0239. The fourth-order valence-corrected chi connectivity index (χ4v) is 2.64. The normalized spacial score (nSPS) is 15.2. The van der Waals surface area contributed by atoms with Gasteiger partial charge in [0.05, 0.1) is 19.1 Å². The molecule has 112 valence electrons. The zero-order valence-corrected chi connectivity index (χ0v) is 11.3. The molecular weight excluding hydrogens is 285 g/mol. The van der Waals surface area contributed by atoms with E-state index in [1.807, 2.05) is 0 Å². The first kappa shape index (κ1) is 14.9. The SMILES string of the molecule is COC(=O)C1(C(=O)OC)Cc2c(F)ccc([N+](=O)[O-])c2C1. The number of nitro benzene ring substituents is 1. The Balaban J connectivity index is 2.61. The first-order chi connectivity index (χ1) is 9.87. The van der Waals surface area contributed by atoms with Crippen molar-refractivity contribution >= 4 is 17.6 Å². The molecule has 0 fully saturated rings. The maximum absolute atomic E-state index is 13.9. The fraction of sp³-hybridized carbons (Fsp3) is 0.385. The third-order valence-electron chi connectivity index (χ3n) is 3.66. The van der Waals surface area contributed by atoms with Crippen LogP contribution in [0.5, 0.6) is 0 Å². The summed E-state index contributed by atoms with van der Waals surface area (Å²) in [5.74, 6) is -2.51. The molecule has 1 aromatic rings. The standard InChI is InChI=1S/C13H12FNO6/c1-20-11(16)13(12(17)21-2)5-7-8(6-13)10(15(18)19)4-3-9(7)14/h3-4H,5-6H2,1-2H3. The number of carbonyl (C=O) groups excluding carboxylic acids is 2. The summed E-state index contributed by atoms with van der Waals surface area (Å²) in [5.41, 5.74) is -2.12. The quantitative estimate of drug-likeness (QED) is 0.359. The molecule has 21 heavy (non-hydrogen) atoms. The molecule has 0 saturated heterocycles. The number of nitro groups is 1. The van der Waals surface area contributed by atoms with Crippen LogP contribution in [0.15, 0.2) is 12.1 Å². The van der Waals surface area contributed by atoms with Gasteiger partial charge in [-0.25, -0.2) is 4.39 Å². The molecule has 0 aliphatic heterocycles. The number of rotatable bonds is 3. The van der Waals surface area contributed by atoms with E-state index in [-0.39, 0.29) is 29.7 Å². The highest BCUT2D eigenvalue weighted by Crippen LogP contribution is 2.43. The van der Waals surface area contributed by atoms with Crippen molar-refractivity contribution in [2.24, 2.45) is 5.41 Å². The molecule has 1 aliphatic carbocycles. The average molecular weight is 297 g/mol. The number of hydrogen-bond donors (Lipinski definition) is 0.